The van der Waals surface area contributed by atoms with Crippen LogP contribution < -0.4 is 5.32 Å². The van der Waals surface area contributed by atoms with Crippen LogP contribution in [0.25, 0.3) is 0 Å². The molecule has 1 atom stereocenters. The van der Waals surface area contributed by atoms with Gasteiger partial charge in [0, 0.05) is 26.6 Å². The molecule has 1 rings (SSSR count). The van der Waals surface area contributed by atoms with Crippen LogP contribution in [0.1, 0.15) is 6.92 Å². The average molecular weight is 432 g/mol. The molecule has 0 saturated carbocycles. The Balaban J connectivity index is 2.57. The first kappa shape index (κ1) is 15.4. The molecule has 0 saturated heterocycles. The number of ether oxygens (including phenoxy) is 1. The zero-order valence-corrected chi connectivity index (χ0v) is 14.1. The number of rotatable bonds is 6. The van der Waals surface area contributed by atoms with Crippen molar-refractivity contribution in [2.45, 2.75) is 13.0 Å². The van der Waals surface area contributed by atoms with E-state index in [1.807, 2.05) is 19.1 Å². The predicted molar refractivity (Wildman–Crippen MR) is 80.5 cm³/mol. The maximum atomic E-state index is 9.65. The molecule has 2 N–H and O–H groups in total. The summed E-state index contributed by atoms with van der Waals surface area (Å²) in [6.07, 6.45) is -0.516. The second-order valence-corrected chi connectivity index (χ2v) is 6.06. The third kappa shape index (κ3) is 5.26. The molecular weight excluding hydrogens is 418 g/mol. The molecule has 0 radical (unpaired) electrons. The van der Waals surface area contributed by atoms with Gasteiger partial charge in [-0.2, -0.15) is 0 Å². The molecule has 0 fully saturated rings. The van der Waals surface area contributed by atoms with E-state index in [0.717, 1.165) is 19.1 Å². The van der Waals surface area contributed by atoms with E-state index in [9.17, 15) is 5.11 Å². The van der Waals surface area contributed by atoms with Gasteiger partial charge in [-0.1, -0.05) is 15.9 Å². The molecule has 1 aromatic rings. The van der Waals surface area contributed by atoms with E-state index in [4.69, 9.17) is 4.74 Å². The third-order valence-corrected chi connectivity index (χ3v) is 3.74. The minimum atomic E-state index is -0.516. The monoisotopic (exact) mass is 429 g/mol. The van der Waals surface area contributed by atoms with Crippen molar-refractivity contribution in [2.75, 3.05) is 25.1 Å². The first-order chi connectivity index (χ1) is 8.04. The highest BCUT2D eigenvalue weighted by atomic mass is 79.9. The molecule has 1 aromatic carbocycles. The molecule has 96 valence electrons. The standard InChI is InChI=1S/C11H14Br3NO2/c1-2-17-6-8(16)5-15-11-9(13)3-7(12)4-10(11)14/h3-4,8,15-16H,2,5-6H2,1H3. The fourth-order valence-corrected chi connectivity index (χ4v) is 3.78. The summed E-state index contributed by atoms with van der Waals surface area (Å²) < 4.78 is 7.99. The van der Waals surface area contributed by atoms with Crippen molar-refractivity contribution in [2.24, 2.45) is 0 Å². The highest BCUT2D eigenvalue weighted by molar-refractivity contribution is 9.11. The Morgan fingerprint density at radius 3 is 2.41 bits per heavy atom. The summed E-state index contributed by atoms with van der Waals surface area (Å²) in [6, 6.07) is 3.89. The number of halogens is 3. The van der Waals surface area contributed by atoms with Gasteiger partial charge < -0.3 is 15.2 Å². The predicted octanol–water partition coefficient (Wildman–Crippen LogP) is 3.78. The number of anilines is 1. The normalized spacial score (nSPS) is 12.5. The van der Waals surface area contributed by atoms with Gasteiger partial charge in [0.2, 0.25) is 0 Å². The van der Waals surface area contributed by atoms with Crippen molar-refractivity contribution in [3.63, 3.8) is 0 Å². The quantitative estimate of drug-likeness (QED) is 0.720. The van der Waals surface area contributed by atoms with E-state index in [-0.39, 0.29) is 0 Å². The van der Waals surface area contributed by atoms with Crippen LogP contribution in [0.3, 0.4) is 0 Å². The second kappa shape index (κ2) is 7.74. The van der Waals surface area contributed by atoms with E-state index < -0.39 is 6.10 Å². The second-order valence-electron chi connectivity index (χ2n) is 3.44. The lowest BCUT2D eigenvalue weighted by Gasteiger charge is -2.15. The van der Waals surface area contributed by atoms with Crippen molar-refractivity contribution < 1.29 is 9.84 Å². The molecule has 1 unspecified atom stereocenters. The highest BCUT2D eigenvalue weighted by Crippen LogP contribution is 2.34. The van der Waals surface area contributed by atoms with Gasteiger partial charge in [-0.15, -0.1) is 0 Å². The van der Waals surface area contributed by atoms with Gasteiger partial charge in [0.15, 0.2) is 0 Å². The van der Waals surface area contributed by atoms with Crippen LogP contribution in [-0.2, 0) is 4.74 Å². The minimum Gasteiger partial charge on any atom is -0.389 e. The molecule has 0 aliphatic heterocycles. The molecule has 0 amide bonds. The molecular formula is C11H14Br3NO2. The summed E-state index contributed by atoms with van der Waals surface area (Å²) in [5.41, 5.74) is 0.920. The van der Waals surface area contributed by atoms with E-state index in [2.05, 4.69) is 53.1 Å². The fraction of sp³-hybridized carbons (Fsp3) is 0.455. The van der Waals surface area contributed by atoms with E-state index in [1.54, 1.807) is 0 Å². The highest BCUT2D eigenvalue weighted by Gasteiger charge is 2.09. The van der Waals surface area contributed by atoms with Crippen LogP contribution in [0.4, 0.5) is 5.69 Å². The van der Waals surface area contributed by atoms with Gasteiger partial charge in [-0.05, 0) is 50.9 Å². The van der Waals surface area contributed by atoms with Crippen molar-refractivity contribution in [1.82, 2.24) is 0 Å². The van der Waals surface area contributed by atoms with E-state index in [0.29, 0.717) is 19.8 Å². The SMILES string of the molecule is CCOCC(O)CNc1c(Br)cc(Br)cc1Br. The molecule has 6 heteroatoms. The van der Waals surface area contributed by atoms with E-state index >= 15 is 0 Å². The van der Waals surface area contributed by atoms with Crippen LogP contribution in [-0.4, -0.2) is 31.0 Å². The maximum absolute atomic E-state index is 9.65. The van der Waals surface area contributed by atoms with Crippen molar-refractivity contribution in [3.8, 4) is 0 Å². The molecule has 0 aromatic heterocycles. The molecule has 0 aliphatic carbocycles. The van der Waals surface area contributed by atoms with Crippen LogP contribution in [0.5, 0.6) is 0 Å². The molecule has 0 bridgehead atoms. The molecule has 0 spiro atoms. The van der Waals surface area contributed by atoms with Gasteiger partial charge >= 0.3 is 0 Å². The minimum absolute atomic E-state index is 0.343. The Labute approximate surface area is 126 Å². The number of benzene rings is 1. The molecule has 0 heterocycles. The Bertz CT molecular complexity index is 351. The molecule has 17 heavy (non-hydrogen) atoms. The van der Waals surface area contributed by atoms with Crippen LogP contribution >= 0.6 is 47.8 Å². The summed E-state index contributed by atoms with van der Waals surface area (Å²) in [5.74, 6) is 0. The van der Waals surface area contributed by atoms with Crippen LogP contribution in [0, 0.1) is 0 Å². The Morgan fingerprint density at radius 2 is 1.88 bits per heavy atom. The summed E-state index contributed by atoms with van der Waals surface area (Å²) in [7, 11) is 0. The lowest BCUT2D eigenvalue weighted by Crippen LogP contribution is -2.25. The Hall–Kier alpha value is 0.380. The summed E-state index contributed by atoms with van der Waals surface area (Å²) in [5, 5.41) is 12.8. The van der Waals surface area contributed by atoms with Crippen LogP contribution in [0.15, 0.2) is 25.6 Å². The Morgan fingerprint density at radius 1 is 1.29 bits per heavy atom. The number of aliphatic hydroxyl groups is 1. The number of nitrogens with one attached hydrogen (secondary N) is 1. The number of hydrogen-bond donors (Lipinski definition) is 2. The van der Waals surface area contributed by atoms with Crippen molar-refractivity contribution >= 4 is 53.5 Å². The summed E-state index contributed by atoms with van der Waals surface area (Å²) in [4.78, 5) is 0. The van der Waals surface area contributed by atoms with Crippen molar-refractivity contribution in [1.29, 1.82) is 0 Å². The topological polar surface area (TPSA) is 41.5 Å². The van der Waals surface area contributed by atoms with E-state index in [1.165, 1.54) is 0 Å². The molecule has 3 nitrogen and oxygen atoms in total. The number of aliphatic hydroxyl groups excluding tert-OH is 1. The van der Waals surface area contributed by atoms with Gasteiger partial charge in [0.25, 0.3) is 0 Å². The maximum Gasteiger partial charge on any atom is 0.0945 e. The van der Waals surface area contributed by atoms with Gasteiger partial charge in [-0.25, -0.2) is 0 Å². The molecule has 0 aliphatic rings. The largest absolute Gasteiger partial charge is 0.389 e. The van der Waals surface area contributed by atoms with Crippen LogP contribution in [0.2, 0.25) is 0 Å². The van der Waals surface area contributed by atoms with Crippen molar-refractivity contribution in [3.05, 3.63) is 25.6 Å². The average Bonchev–Trinajstić information content (AvgIpc) is 2.24. The van der Waals surface area contributed by atoms with Gasteiger partial charge in [0.05, 0.1) is 18.4 Å². The fourth-order valence-electron chi connectivity index (χ4n) is 1.24. The lowest BCUT2D eigenvalue weighted by molar-refractivity contribution is 0.0496. The lowest BCUT2D eigenvalue weighted by atomic mass is 10.3. The smallest absolute Gasteiger partial charge is 0.0945 e. The first-order valence-corrected chi connectivity index (χ1v) is 7.56. The number of hydrogen-bond acceptors (Lipinski definition) is 3. The third-order valence-electron chi connectivity index (χ3n) is 2.04. The zero-order valence-electron chi connectivity index (χ0n) is 9.34. The van der Waals surface area contributed by atoms with Gasteiger partial charge in [-0.3, -0.25) is 0 Å². The summed E-state index contributed by atoms with van der Waals surface area (Å²) in [6.45, 7) is 3.30. The van der Waals surface area contributed by atoms with Gasteiger partial charge in [0.1, 0.15) is 0 Å². The summed E-state index contributed by atoms with van der Waals surface area (Å²) >= 11 is 10.3. The first-order valence-electron chi connectivity index (χ1n) is 5.18. The zero-order chi connectivity index (χ0) is 12.8. The Kier molecular flexibility index (Phi) is 7.02.